The maximum absolute atomic E-state index is 13.0. The summed E-state index contributed by atoms with van der Waals surface area (Å²) in [4.78, 5) is 0. The van der Waals surface area contributed by atoms with E-state index in [1.807, 2.05) is 0 Å². The van der Waals surface area contributed by atoms with E-state index in [4.69, 9.17) is 0 Å². The minimum absolute atomic E-state index is 0.327. The molecule has 0 nitrogen and oxygen atoms in total. The summed E-state index contributed by atoms with van der Waals surface area (Å²) in [6.07, 6.45) is -0.555. The topological polar surface area (TPSA) is 0 Å². The molecule has 1 aromatic rings. The van der Waals surface area contributed by atoms with Gasteiger partial charge in [-0.2, -0.15) is 13.2 Å². The Morgan fingerprint density at radius 3 is 2.24 bits per heavy atom. The van der Waals surface area contributed by atoms with Crippen LogP contribution in [0, 0.1) is 0 Å². The first-order chi connectivity index (χ1) is 7.99. The zero-order valence-corrected chi connectivity index (χ0v) is 10.9. The molecule has 1 saturated carbocycles. The van der Waals surface area contributed by atoms with E-state index in [0.717, 1.165) is 25.7 Å². The van der Waals surface area contributed by atoms with Gasteiger partial charge in [-0.05, 0) is 24.5 Å². The number of benzene rings is 1. The predicted octanol–water partition coefficient (Wildman–Crippen LogP) is 4.91. The molecular formula is C13H14BrF3. The van der Waals surface area contributed by atoms with Crippen LogP contribution in [0.15, 0.2) is 24.3 Å². The van der Waals surface area contributed by atoms with E-state index in [1.54, 1.807) is 12.1 Å². The van der Waals surface area contributed by atoms with Crippen molar-refractivity contribution in [3.63, 3.8) is 0 Å². The molecule has 0 heterocycles. The Morgan fingerprint density at radius 1 is 1.12 bits per heavy atom. The fourth-order valence-corrected chi connectivity index (χ4v) is 3.58. The first-order valence-electron chi connectivity index (χ1n) is 5.72. The highest BCUT2D eigenvalue weighted by Gasteiger charge is 2.42. The number of alkyl halides is 4. The summed E-state index contributed by atoms with van der Waals surface area (Å²) in [7, 11) is 0. The Balaban J connectivity index is 2.51. The number of hydrogen-bond acceptors (Lipinski definition) is 0. The lowest BCUT2D eigenvalue weighted by Gasteiger charge is -2.30. The predicted molar refractivity (Wildman–Crippen MR) is 65.4 cm³/mol. The Bertz CT molecular complexity index is 392. The number of rotatable bonds is 2. The highest BCUT2D eigenvalue weighted by atomic mass is 79.9. The van der Waals surface area contributed by atoms with Crippen molar-refractivity contribution in [1.82, 2.24) is 0 Å². The van der Waals surface area contributed by atoms with Gasteiger partial charge in [-0.25, -0.2) is 0 Å². The SMILES string of the molecule is FC(F)(F)c1ccccc1C1(CBr)CCCC1. The third-order valence-corrected chi connectivity index (χ3v) is 4.69. The van der Waals surface area contributed by atoms with Crippen LogP contribution in [0.1, 0.15) is 36.8 Å². The van der Waals surface area contributed by atoms with E-state index in [2.05, 4.69) is 15.9 Å². The van der Waals surface area contributed by atoms with Crippen LogP contribution in [0.4, 0.5) is 13.2 Å². The van der Waals surface area contributed by atoms with Gasteiger partial charge in [-0.15, -0.1) is 0 Å². The van der Waals surface area contributed by atoms with Crippen molar-refractivity contribution in [1.29, 1.82) is 0 Å². The van der Waals surface area contributed by atoms with Crippen LogP contribution in [-0.2, 0) is 11.6 Å². The van der Waals surface area contributed by atoms with Gasteiger partial charge in [0, 0.05) is 10.7 Å². The Labute approximate surface area is 107 Å². The zero-order valence-electron chi connectivity index (χ0n) is 9.36. The maximum atomic E-state index is 13.0. The smallest absolute Gasteiger partial charge is 0.166 e. The molecule has 0 saturated heterocycles. The molecule has 17 heavy (non-hydrogen) atoms. The molecule has 4 heteroatoms. The summed E-state index contributed by atoms with van der Waals surface area (Å²) in [5, 5.41) is 0.604. The fourth-order valence-electron chi connectivity index (χ4n) is 2.72. The van der Waals surface area contributed by atoms with Gasteiger partial charge in [0.05, 0.1) is 5.56 Å². The monoisotopic (exact) mass is 306 g/mol. The van der Waals surface area contributed by atoms with Crippen LogP contribution in [0.2, 0.25) is 0 Å². The molecular weight excluding hydrogens is 293 g/mol. The first-order valence-corrected chi connectivity index (χ1v) is 6.84. The van der Waals surface area contributed by atoms with Crippen molar-refractivity contribution >= 4 is 15.9 Å². The third kappa shape index (κ3) is 2.37. The quantitative estimate of drug-likeness (QED) is 0.681. The molecule has 1 aliphatic rings. The van der Waals surface area contributed by atoms with Crippen LogP contribution >= 0.6 is 15.9 Å². The highest BCUT2D eigenvalue weighted by Crippen LogP contribution is 2.46. The molecule has 0 radical (unpaired) electrons. The molecule has 0 atom stereocenters. The third-order valence-electron chi connectivity index (χ3n) is 3.62. The summed E-state index contributed by atoms with van der Waals surface area (Å²) < 4.78 is 39.0. The van der Waals surface area contributed by atoms with Gasteiger partial charge in [-0.3, -0.25) is 0 Å². The Kier molecular flexibility index (Phi) is 3.53. The molecule has 0 amide bonds. The maximum Gasteiger partial charge on any atom is 0.416 e. The van der Waals surface area contributed by atoms with Crippen LogP contribution < -0.4 is 0 Å². The average Bonchev–Trinajstić information content (AvgIpc) is 2.78. The van der Waals surface area contributed by atoms with Crippen LogP contribution in [-0.4, -0.2) is 5.33 Å². The largest absolute Gasteiger partial charge is 0.416 e. The molecule has 94 valence electrons. The van der Waals surface area contributed by atoms with E-state index < -0.39 is 11.7 Å². The van der Waals surface area contributed by atoms with Gasteiger partial charge >= 0.3 is 6.18 Å². The molecule has 1 fully saturated rings. The highest BCUT2D eigenvalue weighted by molar-refractivity contribution is 9.09. The lowest BCUT2D eigenvalue weighted by atomic mass is 9.78. The van der Waals surface area contributed by atoms with Gasteiger partial charge in [0.1, 0.15) is 0 Å². The van der Waals surface area contributed by atoms with E-state index in [-0.39, 0.29) is 5.41 Å². The van der Waals surface area contributed by atoms with Crippen molar-refractivity contribution in [2.24, 2.45) is 0 Å². The number of halogens is 4. The second-order valence-corrected chi connectivity index (χ2v) is 5.23. The Hall–Kier alpha value is -0.510. The van der Waals surface area contributed by atoms with Gasteiger partial charge in [0.2, 0.25) is 0 Å². The molecule has 0 spiro atoms. The van der Waals surface area contributed by atoms with Crippen LogP contribution in [0.3, 0.4) is 0 Å². The fraction of sp³-hybridized carbons (Fsp3) is 0.538. The minimum atomic E-state index is -4.26. The summed E-state index contributed by atoms with van der Waals surface area (Å²) in [6, 6.07) is 5.99. The summed E-state index contributed by atoms with van der Waals surface area (Å²) in [6.45, 7) is 0. The van der Waals surface area contributed by atoms with E-state index in [9.17, 15) is 13.2 Å². The molecule has 1 aromatic carbocycles. The van der Waals surface area contributed by atoms with Crippen LogP contribution in [0.5, 0.6) is 0 Å². The van der Waals surface area contributed by atoms with Gasteiger partial charge < -0.3 is 0 Å². The Morgan fingerprint density at radius 2 is 1.71 bits per heavy atom. The standard InChI is InChI=1S/C13H14BrF3/c14-9-12(7-3-4-8-12)10-5-1-2-6-11(10)13(15,16)17/h1-2,5-6H,3-4,7-9H2. The van der Waals surface area contributed by atoms with Crippen molar-refractivity contribution in [3.05, 3.63) is 35.4 Å². The summed E-state index contributed by atoms with van der Waals surface area (Å²) >= 11 is 3.40. The van der Waals surface area contributed by atoms with Crippen LogP contribution in [0.25, 0.3) is 0 Å². The normalized spacial score (nSPS) is 19.5. The first kappa shape index (κ1) is 12.9. The summed E-state index contributed by atoms with van der Waals surface area (Å²) in [5.41, 5.74) is -0.338. The van der Waals surface area contributed by atoms with Crippen molar-refractivity contribution < 1.29 is 13.2 Å². The molecule has 0 N–H and O–H groups in total. The minimum Gasteiger partial charge on any atom is -0.166 e. The molecule has 1 aliphatic carbocycles. The second kappa shape index (κ2) is 4.63. The molecule has 0 aromatic heterocycles. The van der Waals surface area contributed by atoms with Crippen molar-refractivity contribution in [2.75, 3.05) is 5.33 Å². The van der Waals surface area contributed by atoms with Gasteiger partial charge in [0.25, 0.3) is 0 Å². The van der Waals surface area contributed by atoms with Gasteiger partial charge in [-0.1, -0.05) is 47.0 Å². The van der Waals surface area contributed by atoms with Crippen molar-refractivity contribution in [2.45, 2.75) is 37.3 Å². The lowest BCUT2D eigenvalue weighted by Crippen LogP contribution is -2.27. The molecule has 0 aliphatic heterocycles. The van der Waals surface area contributed by atoms with Gasteiger partial charge in [0.15, 0.2) is 0 Å². The van der Waals surface area contributed by atoms with Crippen molar-refractivity contribution in [3.8, 4) is 0 Å². The molecule has 2 rings (SSSR count). The second-order valence-electron chi connectivity index (χ2n) is 4.66. The summed E-state index contributed by atoms with van der Waals surface area (Å²) in [5.74, 6) is 0. The van der Waals surface area contributed by atoms with E-state index >= 15 is 0 Å². The zero-order chi connectivity index (χ0) is 12.5. The van der Waals surface area contributed by atoms with E-state index in [1.165, 1.54) is 12.1 Å². The van der Waals surface area contributed by atoms with E-state index in [0.29, 0.717) is 10.9 Å². The average molecular weight is 307 g/mol. The molecule has 0 unspecified atom stereocenters. The lowest BCUT2D eigenvalue weighted by molar-refractivity contribution is -0.138. The molecule has 0 bridgehead atoms. The number of hydrogen-bond donors (Lipinski definition) is 0.